The molecule has 3 rings (SSSR count). The summed E-state index contributed by atoms with van der Waals surface area (Å²) in [4.78, 5) is 30.3. The third-order valence-corrected chi connectivity index (χ3v) is 4.56. The molecular formula is C19H23N3O4. The normalized spacial score (nSPS) is 17.8. The maximum atomic E-state index is 12.1. The van der Waals surface area contributed by atoms with Gasteiger partial charge in [0.15, 0.2) is 0 Å². The predicted molar refractivity (Wildman–Crippen MR) is 95.3 cm³/mol. The first-order valence-corrected chi connectivity index (χ1v) is 8.58. The summed E-state index contributed by atoms with van der Waals surface area (Å²) in [5.74, 6) is -0.0172. The minimum atomic E-state index is -0.558. The number of carbonyl (C=O) groups excluding carboxylic acids is 2. The SMILES string of the molecule is COC(=O)C[C@H]1C(=O)NCCN1Cc1coc(-c2ccc(C)cc2C)n1. The number of nitrogens with zero attached hydrogens (tertiary/aromatic N) is 2. The highest BCUT2D eigenvalue weighted by Gasteiger charge is 2.32. The molecule has 1 fully saturated rings. The first kappa shape index (κ1) is 18.1. The number of nitrogens with one attached hydrogen (secondary N) is 1. The molecule has 138 valence electrons. The van der Waals surface area contributed by atoms with Gasteiger partial charge in [0, 0.05) is 25.2 Å². The Bertz CT molecular complexity index is 815. The van der Waals surface area contributed by atoms with E-state index in [0.717, 1.165) is 16.8 Å². The number of oxazole rings is 1. The summed E-state index contributed by atoms with van der Waals surface area (Å²) in [6.45, 7) is 5.68. The number of benzene rings is 1. The first-order chi connectivity index (χ1) is 12.5. The number of rotatable bonds is 5. The summed E-state index contributed by atoms with van der Waals surface area (Å²) in [6, 6.07) is 5.54. The maximum absolute atomic E-state index is 12.1. The Balaban J connectivity index is 1.76. The molecule has 0 radical (unpaired) electrons. The summed E-state index contributed by atoms with van der Waals surface area (Å²) >= 11 is 0. The van der Waals surface area contributed by atoms with Crippen molar-refractivity contribution >= 4 is 11.9 Å². The van der Waals surface area contributed by atoms with Gasteiger partial charge in [0.25, 0.3) is 0 Å². The van der Waals surface area contributed by atoms with Crippen molar-refractivity contribution < 1.29 is 18.7 Å². The van der Waals surface area contributed by atoms with Crippen molar-refractivity contribution in [3.63, 3.8) is 0 Å². The average Bonchev–Trinajstić information content (AvgIpc) is 3.06. The van der Waals surface area contributed by atoms with E-state index < -0.39 is 12.0 Å². The average molecular weight is 357 g/mol. The van der Waals surface area contributed by atoms with Crippen molar-refractivity contribution in [2.24, 2.45) is 0 Å². The molecule has 1 amide bonds. The zero-order valence-electron chi connectivity index (χ0n) is 15.2. The van der Waals surface area contributed by atoms with E-state index >= 15 is 0 Å². The van der Waals surface area contributed by atoms with Crippen molar-refractivity contribution in [2.75, 3.05) is 20.2 Å². The summed E-state index contributed by atoms with van der Waals surface area (Å²) < 4.78 is 10.4. The number of hydrogen-bond donors (Lipinski definition) is 1. The van der Waals surface area contributed by atoms with Crippen LogP contribution in [0.4, 0.5) is 0 Å². The lowest BCUT2D eigenvalue weighted by atomic mass is 10.1. The van der Waals surface area contributed by atoms with Gasteiger partial charge in [-0.05, 0) is 25.5 Å². The van der Waals surface area contributed by atoms with Gasteiger partial charge in [0.1, 0.15) is 12.3 Å². The van der Waals surface area contributed by atoms with E-state index in [1.165, 1.54) is 12.7 Å². The molecule has 0 saturated carbocycles. The molecule has 26 heavy (non-hydrogen) atoms. The monoisotopic (exact) mass is 357 g/mol. The van der Waals surface area contributed by atoms with Crippen molar-refractivity contribution in [3.05, 3.63) is 41.3 Å². The lowest BCUT2D eigenvalue weighted by molar-refractivity contribution is -0.146. The summed E-state index contributed by atoms with van der Waals surface area (Å²) in [6.07, 6.45) is 1.63. The number of methoxy groups -OCH3 is 1. The van der Waals surface area contributed by atoms with Gasteiger partial charge in [0.2, 0.25) is 11.8 Å². The van der Waals surface area contributed by atoms with E-state index in [-0.39, 0.29) is 12.3 Å². The highest BCUT2D eigenvalue weighted by Crippen LogP contribution is 2.24. The Hall–Kier alpha value is -2.67. The highest BCUT2D eigenvalue weighted by atomic mass is 16.5. The van der Waals surface area contributed by atoms with Crippen molar-refractivity contribution in [1.82, 2.24) is 15.2 Å². The Morgan fingerprint density at radius 2 is 2.23 bits per heavy atom. The van der Waals surface area contributed by atoms with Crippen LogP contribution in [0.1, 0.15) is 23.2 Å². The second-order valence-electron chi connectivity index (χ2n) is 6.52. The van der Waals surface area contributed by atoms with E-state index in [1.54, 1.807) is 6.26 Å². The summed E-state index contributed by atoms with van der Waals surface area (Å²) in [7, 11) is 1.32. The number of hydrogen-bond acceptors (Lipinski definition) is 6. The number of esters is 1. The number of amides is 1. The number of piperazine rings is 1. The fraction of sp³-hybridized carbons (Fsp3) is 0.421. The van der Waals surface area contributed by atoms with Gasteiger partial charge in [-0.3, -0.25) is 14.5 Å². The van der Waals surface area contributed by atoms with Crippen LogP contribution in [0.5, 0.6) is 0 Å². The molecule has 1 aromatic carbocycles. The van der Waals surface area contributed by atoms with Crippen LogP contribution in [0.25, 0.3) is 11.5 Å². The molecule has 2 aromatic rings. The number of ether oxygens (including phenoxy) is 1. The second kappa shape index (κ2) is 7.70. The van der Waals surface area contributed by atoms with Crippen LogP contribution >= 0.6 is 0 Å². The largest absolute Gasteiger partial charge is 0.469 e. The van der Waals surface area contributed by atoms with Crippen molar-refractivity contribution in [2.45, 2.75) is 32.9 Å². The quantitative estimate of drug-likeness (QED) is 0.822. The number of carbonyl (C=O) groups is 2. The molecule has 1 aliphatic heterocycles. The number of aromatic nitrogens is 1. The molecule has 0 spiro atoms. The lowest BCUT2D eigenvalue weighted by Crippen LogP contribution is -2.55. The minimum Gasteiger partial charge on any atom is -0.469 e. The highest BCUT2D eigenvalue weighted by molar-refractivity contribution is 5.87. The molecule has 1 aromatic heterocycles. The second-order valence-corrected chi connectivity index (χ2v) is 6.52. The Morgan fingerprint density at radius 3 is 2.96 bits per heavy atom. The zero-order chi connectivity index (χ0) is 18.7. The molecule has 0 unspecified atom stereocenters. The van der Waals surface area contributed by atoms with Gasteiger partial charge in [-0.2, -0.15) is 0 Å². The van der Waals surface area contributed by atoms with Gasteiger partial charge >= 0.3 is 5.97 Å². The summed E-state index contributed by atoms with van der Waals surface area (Å²) in [5.41, 5.74) is 3.95. The van der Waals surface area contributed by atoms with E-state index in [0.29, 0.717) is 25.5 Å². The van der Waals surface area contributed by atoms with Crippen LogP contribution in [0, 0.1) is 13.8 Å². The molecule has 7 nitrogen and oxygen atoms in total. The topological polar surface area (TPSA) is 84.7 Å². The van der Waals surface area contributed by atoms with Crippen LogP contribution in [-0.4, -0.2) is 48.0 Å². The standard InChI is InChI=1S/C19H23N3O4/c1-12-4-5-15(13(2)8-12)19-21-14(11-26-19)10-22-7-6-20-18(24)16(22)9-17(23)25-3/h4-5,8,11,16H,6-7,9-10H2,1-3H3,(H,20,24)/t16-/m0/s1. The zero-order valence-corrected chi connectivity index (χ0v) is 15.2. The first-order valence-electron chi connectivity index (χ1n) is 8.58. The Kier molecular flexibility index (Phi) is 5.37. The van der Waals surface area contributed by atoms with Crippen molar-refractivity contribution in [3.8, 4) is 11.5 Å². The van der Waals surface area contributed by atoms with E-state index in [2.05, 4.69) is 16.4 Å². The van der Waals surface area contributed by atoms with Crippen LogP contribution in [-0.2, 0) is 20.9 Å². The maximum Gasteiger partial charge on any atom is 0.307 e. The van der Waals surface area contributed by atoms with Crippen molar-refractivity contribution in [1.29, 1.82) is 0 Å². The Labute approximate surface area is 152 Å². The minimum absolute atomic E-state index is 0.0180. The third kappa shape index (κ3) is 3.94. The van der Waals surface area contributed by atoms with Gasteiger partial charge < -0.3 is 14.5 Å². The van der Waals surface area contributed by atoms with Crippen LogP contribution in [0.2, 0.25) is 0 Å². The molecular weight excluding hydrogens is 334 g/mol. The fourth-order valence-electron chi connectivity index (χ4n) is 3.18. The van der Waals surface area contributed by atoms with Gasteiger partial charge in [-0.15, -0.1) is 0 Å². The van der Waals surface area contributed by atoms with Gasteiger partial charge in [0.05, 0.1) is 19.2 Å². The predicted octanol–water partition coefficient (Wildman–Crippen LogP) is 1.82. The molecule has 0 bridgehead atoms. The fourth-order valence-corrected chi connectivity index (χ4v) is 3.18. The smallest absolute Gasteiger partial charge is 0.307 e. The molecule has 7 heteroatoms. The van der Waals surface area contributed by atoms with Gasteiger partial charge in [-0.25, -0.2) is 4.98 Å². The Morgan fingerprint density at radius 1 is 1.42 bits per heavy atom. The lowest BCUT2D eigenvalue weighted by Gasteiger charge is -2.33. The van der Waals surface area contributed by atoms with E-state index in [1.807, 2.05) is 30.9 Å². The van der Waals surface area contributed by atoms with Crippen LogP contribution in [0.3, 0.4) is 0 Å². The molecule has 0 aliphatic carbocycles. The molecule has 1 saturated heterocycles. The van der Waals surface area contributed by atoms with E-state index in [4.69, 9.17) is 9.15 Å². The molecule has 2 heterocycles. The van der Waals surface area contributed by atoms with Crippen LogP contribution in [0.15, 0.2) is 28.9 Å². The van der Waals surface area contributed by atoms with Crippen LogP contribution < -0.4 is 5.32 Å². The summed E-state index contributed by atoms with van der Waals surface area (Å²) in [5, 5.41) is 2.79. The number of aryl methyl sites for hydroxylation is 2. The third-order valence-electron chi connectivity index (χ3n) is 4.56. The molecule has 1 atom stereocenters. The van der Waals surface area contributed by atoms with E-state index in [9.17, 15) is 9.59 Å². The van der Waals surface area contributed by atoms with Gasteiger partial charge in [-0.1, -0.05) is 17.7 Å². The molecule has 1 N–H and O–H groups in total. The molecule has 1 aliphatic rings.